The van der Waals surface area contributed by atoms with Crippen molar-refractivity contribution in [2.24, 2.45) is 11.8 Å². The Morgan fingerprint density at radius 1 is 0.857 bits per heavy atom. The van der Waals surface area contributed by atoms with Gasteiger partial charge in [-0.25, -0.2) is 0 Å². The second-order valence-corrected chi connectivity index (χ2v) is 6.62. The predicted octanol–water partition coefficient (Wildman–Crippen LogP) is 5.89. The van der Waals surface area contributed by atoms with Crippen molar-refractivity contribution < 1.29 is 0 Å². The van der Waals surface area contributed by atoms with Crippen LogP contribution in [-0.2, 0) is 12.8 Å². The highest BCUT2D eigenvalue weighted by Crippen LogP contribution is 2.35. The van der Waals surface area contributed by atoms with Crippen LogP contribution in [0.5, 0.6) is 0 Å². The number of rotatable bonds is 5. The van der Waals surface area contributed by atoms with E-state index in [4.69, 9.17) is 0 Å². The van der Waals surface area contributed by atoms with E-state index < -0.39 is 0 Å². The van der Waals surface area contributed by atoms with Gasteiger partial charge in [0.25, 0.3) is 0 Å². The van der Waals surface area contributed by atoms with Crippen molar-refractivity contribution in [3.63, 3.8) is 0 Å². The summed E-state index contributed by atoms with van der Waals surface area (Å²) < 4.78 is 0. The Morgan fingerprint density at radius 3 is 1.81 bits per heavy atom. The second kappa shape index (κ2) is 6.47. The van der Waals surface area contributed by atoms with Gasteiger partial charge in [-0.1, -0.05) is 81.6 Å². The van der Waals surface area contributed by atoms with Gasteiger partial charge in [-0.15, -0.1) is 0 Å². The Bertz CT molecular complexity index is 558. The molecule has 0 heteroatoms. The molecule has 0 amide bonds. The summed E-state index contributed by atoms with van der Waals surface area (Å²) in [5.74, 6) is 1.82. The highest BCUT2D eigenvalue weighted by molar-refractivity contribution is 5.63. The largest absolute Gasteiger partial charge is 0.0619 e. The summed E-state index contributed by atoms with van der Waals surface area (Å²) >= 11 is 0. The third kappa shape index (κ3) is 3.37. The zero-order chi connectivity index (χ0) is 14.7. The molecule has 21 heavy (non-hydrogen) atoms. The molecule has 1 fully saturated rings. The lowest BCUT2D eigenvalue weighted by molar-refractivity contribution is 0.219. The van der Waals surface area contributed by atoms with Crippen LogP contribution >= 0.6 is 0 Å². The first-order chi connectivity index (χ1) is 10.3. The van der Waals surface area contributed by atoms with Gasteiger partial charge in [0, 0.05) is 0 Å². The average molecular weight is 278 g/mol. The van der Waals surface area contributed by atoms with Crippen molar-refractivity contribution >= 4 is 0 Å². The maximum absolute atomic E-state index is 2.42. The number of benzene rings is 2. The maximum Gasteiger partial charge on any atom is -0.0184 e. The molecule has 2 aromatic carbocycles. The van der Waals surface area contributed by atoms with Crippen LogP contribution in [0, 0.1) is 11.8 Å². The van der Waals surface area contributed by atoms with Crippen molar-refractivity contribution in [1.29, 1.82) is 0 Å². The van der Waals surface area contributed by atoms with E-state index in [1.165, 1.54) is 47.9 Å². The fourth-order valence-electron chi connectivity index (χ4n) is 3.31. The smallest absolute Gasteiger partial charge is 0.0184 e. The number of hydrogen-bond acceptors (Lipinski definition) is 0. The molecule has 0 aliphatic heterocycles. The van der Waals surface area contributed by atoms with E-state index in [2.05, 4.69) is 62.4 Å². The normalized spacial score (nSPS) is 16.5. The molecule has 0 aromatic heterocycles. The monoisotopic (exact) mass is 278 g/mol. The second-order valence-electron chi connectivity index (χ2n) is 6.62. The van der Waals surface area contributed by atoms with Crippen LogP contribution in [0.1, 0.15) is 44.2 Å². The summed E-state index contributed by atoms with van der Waals surface area (Å²) in [6, 6.07) is 18.2. The fourth-order valence-corrected chi connectivity index (χ4v) is 3.31. The minimum absolute atomic E-state index is 0.841. The summed E-state index contributed by atoms with van der Waals surface area (Å²) in [6.07, 6.45) is 6.69. The van der Waals surface area contributed by atoms with Gasteiger partial charge >= 0.3 is 0 Å². The van der Waals surface area contributed by atoms with Crippen LogP contribution < -0.4 is 0 Å². The molecule has 0 nitrogen and oxygen atoms in total. The standard InChI is InChI=1S/C21H26/c1-3-17-7-11-20(12-8-17)21-13-9-18(10-14-21)15-16(2)19-5-4-6-19/h7-14,16,19H,3-6,15H2,1-2H3. The van der Waals surface area contributed by atoms with Crippen molar-refractivity contribution in [3.05, 3.63) is 59.7 Å². The van der Waals surface area contributed by atoms with Crippen LogP contribution in [0.4, 0.5) is 0 Å². The molecular weight excluding hydrogens is 252 g/mol. The van der Waals surface area contributed by atoms with Gasteiger partial charge in [0.2, 0.25) is 0 Å². The molecule has 0 radical (unpaired) electrons. The van der Waals surface area contributed by atoms with E-state index in [0.717, 1.165) is 18.3 Å². The van der Waals surface area contributed by atoms with Crippen LogP contribution in [0.15, 0.2) is 48.5 Å². The topological polar surface area (TPSA) is 0 Å². The quantitative estimate of drug-likeness (QED) is 0.639. The summed E-state index contributed by atoms with van der Waals surface area (Å²) in [5.41, 5.74) is 5.55. The van der Waals surface area contributed by atoms with E-state index in [-0.39, 0.29) is 0 Å². The zero-order valence-electron chi connectivity index (χ0n) is 13.3. The summed E-state index contributed by atoms with van der Waals surface area (Å²) in [5, 5.41) is 0. The Labute approximate surface area is 129 Å². The molecule has 0 bridgehead atoms. The minimum atomic E-state index is 0.841. The van der Waals surface area contributed by atoms with Gasteiger partial charge in [-0.3, -0.25) is 0 Å². The van der Waals surface area contributed by atoms with Gasteiger partial charge in [0.1, 0.15) is 0 Å². The third-order valence-corrected chi connectivity index (χ3v) is 5.16. The first-order valence-corrected chi connectivity index (χ1v) is 8.44. The Balaban J connectivity index is 1.67. The van der Waals surface area contributed by atoms with Crippen LogP contribution in [0.2, 0.25) is 0 Å². The average Bonchev–Trinajstić information content (AvgIpc) is 2.46. The molecule has 1 aliphatic carbocycles. The highest BCUT2D eigenvalue weighted by atomic mass is 14.3. The van der Waals surface area contributed by atoms with E-state index >= 15 is 0 Å². The van der Waals surface area contributed by atoms with Gasteiger partial charge < -0.3 is 0 Å². The van der Waals surface area contributed by atoms with Crippen LogP contribution in [0.3, 0.4) is 0 Å². The first kappa shape index (κ1) is 14.4. The SMILES string of the molecule is CCc1ccc(-c2ccc(CC(C)C3CCC3)cc2)cc1. The Morgan fingerprint density at radius 2 is 1.38 bits per heavy atom. The highest BCUT2D eigenvalue weighted by Gasteiger charge is 2.23. The van der Waals surface area contributed by atoms with Crippen molar-refractivity contribution in [1.82, 2.24) is 0 Å². The maximum atomic E-state index is 2.42. The van der Waals surface area contributed by atoms with E-state index in [0.29, 0.717) is 0 Å². The van der Waals surface area contributed by atoms with E-state index in [9.17, 15) is 0 Å². The molecule has 1 unspecified atom stereocenters. The van der Waals surface area contributed by atoms with Gasteiger partial charge in [0.05, 0.1) is 0 Å². The van der Waals surface area contributed by atoms with Gasteiger partial charge in [-0.05, 0) is 46.9 Å². The molecule has 0 saturated heterocycles. The summed E-state index contributed by atoms with van der Waals surface area (Å²) in [6.45, 7) is 4.62. The molecule has 1 aliphatic rings. The zero-order valence-corrected chi connectivity index (χ0v) is 13.3. The van der Waals surface area contributed by atoms with E-state index in [1.807, 2.05) is 0 Å². The van der Waals surface area contributed by atoms with Crippen LogP contribution in [-0.4, -0.2) is 0 Å². The fraction of sp³-hybridized carbons (Fsp3) is 0.429. The predicted molar refractivity (Wildman–Crippen MR) is 91.5 cm³/mol. The summed E-state index contributed by atoms with van der Waals surface area (Å²) in [4.78, 5) is 0. The minimum Gasteiger partial charge on any atom is -0.0619 e. The lowest BCUT2D eigenvalue weighted by Crippen LogP contribution is -2.21. The molecule has 1 atom stereocenters. The van der Waals surface area contributed by atoms with Crippen molar-refractivity contribution in [3.8, 4) is 11.1 Å². The van der Waals surface area contributed by atoms with Gasteiger partial charge in [0.15, 0.2) is 0 Å². The molecular formula is C21H26. The van der Waals surface area contributed by atoms with Crippen LogP contribution in [0.25, 0.3) is 11.1 Å². The Hall–Kier alpha value is -1.56. The lowest BCUT2D eigenvalue weighted by atomic mass is 9.74. The summed E-state index contributed by atoms with van der Waals surface area (Å²) in [7, 11) is 0. The van der Waals surface area contributed by atoms with Crippen molar-refractivity contribution in [2.75, 3.05) is 0 Å². The molecule has 2 aromatic rings. The molecule has 110 valence electrons. The van der Waals surface area contributed by atoms with E-state index in [1.54, 1.807) is 0 Å². The Kier molecular flexibility index (Phi) is 4.43. The third-order valence-electron chi connectivity index (χ3n) is 5.16. The van der Waals surface area contributed by atoms with Crippen molar-refractivity contribution in [2.45, 2.75) is 46.0 Å². The van der Waals surface area contributed by atoms with Gasteiger partial charge in [-0.2, -0.15) is 0 Å². The molecule has 3 rings (SSSR count). The number of hydrogen-bond donors (Lipinski definition) is 0. The molecule has 0 spiro atoms. The molecule has 1 saturated carbocycles. The lowest BCUT2D eigenvalue weighted by Gasteiger charge is -2.31. The molecule has 0 N–H and O–H groups in total. The number of aryl methyl sites for hydroxylation is 1. The molecule has 0 heterocycles. The first-order valence-electron chi connectivity index (χ1n) is 8.44.